The van der Waals surface area contributed by atoms with Crippen molar-refractivity contribution in [2.24, 2.45) is 0 Å². The predicted octanol–water partition coefficient (Wildman–Crippen LogP) is 2.61. The third-order valence-corrected chi connectivity index (χ3v) is 7.35. The summed E-state index contributed by atoms with van der Waals surface area (Å²) in [7, 11) is -0.662. The zero-order valence-corrected chi connectivity index (χ0v) is 21.1. The van der Waals surface area contributed by atoms with Crippen molar-refractivity contribution in [3.05, 3.63) is 88.8 Å². The van der Waals surface area contributed by atoms with Crippen LogP contribution in [0.1, 0.15) is 11.7 Å². The second kappa shape index (κ2) is 9.25. The smallest absolute Gasteiger partial charge is 0.272 e. The van der Waals surface area contributed by atoms with E-state index in [1.165, 1.54) is 18.2 Å². The van der Waals surface area contributed by atoms with Crippen LogP contribution in [0.3, 0.4) is 0 Å². The van der Waals surface area contributed by atoms with E-state index in [1.807, 2.05) is 31.1 Å². The average molecular weight is 521 g/mol. The number of ether oxygens (including phenoxy) is 2. The van der Waals surface area contributed by atoms with Crippen molar-refractivity contribution < 1.29 is 22.7 Å². The molecule has 0 aliphatic carbocycles. The molecule has 0 saturated heterocycles. The maximum absolute atomic E-state index is 13.6. The van der Waals surface area contributed by atoms with Crippen LogP contribution in [0.25, 0.3) is 10.8 Å². The van der Waals surface area contributed by atoms with Crippen molar-refractivity contribution in [3.63, 3.8) is 0 Å². The van der Waals surface area contributed by atoms with Crippen LogP contribution in [-0.4, -0.2) is 44.5 Å². The van der Waals surface area contributed by atoms with Gasteiger partial charge in [-0.2, -0.15) is 5.10 Å². The molecule has 1 amide bonds. The summed E-state index contributed by atoms with van der Waals surface area (Å²) < 4.78 is 41.6. The van der Waals surface area contributed by atoms with Crippen LogP contribution in [0, 0.1) is 6.92 Å². The number of rotatable bonds is 6. The lowest BCUT2D eigenvalue weighted by Gasteiger charge is -2.23. The summed E-state index contributed by atoms with van der Waals surface area (Å²) in [5.41, 5.74) is 0.646. The van der Waals surface area contributed by atoms with E-state index in [9.17, 15) is 18.0 Å². The molecule has 0 radical (unpaired) electrons. The summed E-state index contributed by atoms with van der Waals surface area (Å²) >= 11 is 0. The first-order valence-corrected chi connectivity index (χ1v) is 12.9. The van der Waals surface area contributed by atoms with Gasteiger partial charge in [0.1, 0.15) is 0 Å². The Hall–Kier alpha value is -4.38. The molecule has 0 fully saturated rings. The lowest BCUT2D eigenvalue weighted by molar-refractivity contribution is -0.130. The largest absolute Gasteiger partial charge is 0.448 e. The molecule has 4 aromatic rings. The van der Waals surface area contributed by atoms with Gasteiger partial charge in [0.2, 0.25) is 6.04 Å². The van der Waals surface area contributed by atoms with Crippen molar-refractivity contribution >= 4 is 32.4 Å². The summed E-state index contributed by atoms with van der Waals surface area (Å²) in [5, 5.41) is 5.31. The Bertz CT molecular complexity index is 1660. The third kappa shape index (κ3) is 4.49. The van der Waals surface area contributed by atoms with E-state index in [-0.39, 0.29) is 4.90 Å². The number of aromatic nitrogens is 2. The molecule has 1 aliphatic rings. The molecule has 1 aromatic heterocycles. The standard InChI is InChI=1S/C26H24N4O6S/c1-16-14-15-23(31)30(27-16)24(26-35-20-11-4-5-12-21(20)36-26)25(32)28-37(33,34)22-13-7-8-17-18(22)9-6-10-19(17)29(2)3/h4-15,24,26H,1-3H3,(H,28,32). The Labute approximate surface area is 213 Å². The van der Waals surface area contributed by atoms with E-state index in [1.54, 1.807) is 49.4 Å². The molecular formula is C26H24N4O6S. The third-order valence-electron chi connectivity index (χ3n) is 5.95. The fourth-order valence-corrected chi connectivity index (χ4v) is 5.48. The number of sulfonamides is 1. The Morgan fingerprint density at radius 3 is 2.27 bits per heavy atom. The van der Waals surface area contributed by atoms with Crippen LogP contribution in [0.2, 0.25) is 0 Å². The Balaban J connectivity index is 1.55. The number of benzene rings is 3. The molecule has 1 N–H and O–H groups in total. The van der Waals surface area contributed by atoms with Crippen molar-refractivity contribution in [3.8, 4) is 11.5 Å². The number of anilines is 1. The number of nitrogens with zero attached hydrogens (tertiary/aromatic N) is 3. The highest BCUT2D eigenvalue weighted by Crippen LogP contribution is 2.37. The fraction of sp³-hybridized carbons (Fsp3) is 0.192. The monoisotopic (exact) mass is 520 g/mol. The molecule has 11 heteroatoms. The number of amides is 1. The van der Waals surface area contributed by atoms with Gasteiger partial charge in [0.25, 0.3) is 27.8 Å². The van der Waals surface area contributed by atoms with Gasteiger partial charge in [-0.1, -0.05) is 36.4 Å². The molecule has 37 heavy (non-hydrogen) atoms. The number of para-hydroxylation sites is 2. The summed E-state index contributed by atoms with van der Waals surface area (Å²) in [5.74, 6) is -0.308. The van der Waals surface area contributed by atoms with E-state index in [2.05, 4.69) is 9.82 Å². The molecule has 0 bridgehead atoms. The Morgan fingerprint density at radius 2 is 1.59 bits per heavy atom. The number of aryl methyl sites for hydroxylation is 1. The minimum absolute atomic E-state index is 0.0816. The minimum atomic E-state index is -4.37. The fourth-order valence-electron chi connectivity index (χ4n) is 4.25. The van der Waals surface area contributed by atoms with Crippen molar-refractivity contribution in [2.45, 2.75) is 24.2 Å². The number of hydrogen-bond acceptors (Lipinski definition) is 8. The topological polar surface area (TPSA) is 120 Å². The first-order chi connectivity index (χ1) is 17.7. The van der Waals surface area contributed by atoms with Gasteiger partial charge in [-0.05, 0) is 37.3 Å². The summed E-state index contributed by atoms with van der Waals surface area (Å²) in [6.45, 7) is 1.64. The van der Waals surface area contributed by atoms with Gasteiger partial charge in [-0.15, -0.1) is 0 Å². The first kappa shape index (κ1) is 24.3. The number of nitrogens with one attached hydrogen (secondary N) is 1. The maximum Gasteiger partial charge on any atom is 0.272 e. The van der Waals surface area contributed by atoms with Crippen molar-refractivity contribution in [1.29, 1.82) is 0 Å². The van der Waals surface area contributed by atoms with Gasteiger partial charge in [0.15, 0.2) is 11.5 Å². The predicted molar refractivity (Wildman–Crippen MR) is 137 cm³/mol. The van der Waals surface area contributed by atoms with Crippen molar-refractivity contribution in [2.75, 3.05) is 19.0 Å². The lowest BCUT2D eigenvalue weighted by atomic mass is 10.1. The highest BCUT2D eigenvalue weighted by atomic mass is 32.2. The van der Waals surface area contributed by atoms with E-state index in [0.717, 1.165) is 10.4 Å². The SMILES string of the molecule is Cc1ccc(=O)n(C(C(=O)NS(=O)(=O)c2cccc3c(N(C)C)cccc23)C2Oc3ccccc3O2)n1. The zero-order chi connectivity index (χ0) is 26.3. The maximum atomic E-state index is 13.6. The zero-order valence-electron chi connectivity index (χ0n) is 20.3. The molecular weight excluding hydrogens is 496 g/mol. The molecule has 10 nitrogen and oxygen atoms in total. The second-order valence-electron chi connectivity index (χ2n) is 8.75. The number of carbonyl (C=O) groups excluding carboxylic acids is 1. The van der Waals surface area contributed by atoms with E-state index in [0.29, 0.717) is 28.0 Å². The first-order valence-electron chi connectivity index (χ1n) is 11.4. The van der Waals surface area contributed by atoms with Gasteiger partial charge < -0.3 is 14.4 Å². The Morgan fingerprint density at radius 1 is 0.946 bits per heavy atom. The molecule has 1 atom stereocenters. The quantitative estimate of drug-likeness (QED) is 0.412. The molecule has 0 spiro atoms. The van der Waals surface area contributed by atoms with E-state index < -0.39 is 33.8 Å². The lowest BCUT2D eigenvalue weighted by Crippen LogP contribution is -2.48. The second-order valence-corrected chi connectivity index (χ2v) is 10.4. The molecule has 3 aromatic carbocycles. The molecule has 0 saturated carbocycles. The van der Waals surface area contributed by atoms with Crippen LogP contribution < -0.4 is 24.7 Å². The van der Waals surface area contributed by atoms with Gasteiger partial charge in [-0.3, -0.25) is 9.59 Å². The van der Waals surface area contributed by atoms with Crippen LogP contribution in [0.15, 0.2) is 82.5 Å². The molecule has 190 valence electrons. The van der Waals surface area contributed by atoms with Crippen LogP contribution >= 0.6 is 0 Å². The molecule has 5 rings (SSSR count). The summed E-state index contributed by atoms with van der Waals surface area (Å²) in [6, 6.07) is 18.1. The summed E-state index contributed by atoms with van der Waals surface area (Å²) in [4.78, 5) is 28.1. The Kier molecular flexibility index (Phi) is 6.08. The van der Waals surface area contributed by atoms with Crippen LogP contribution in [0.4, 0.5) is 5.69 Å². The molecule has 1 aliphatic heterocycles. The van der Waals surface area contributed by atoms with Crippen LogP contribution in [0.5, 0.6) is 11.5 Å². The van der Waals surface area contributed by atoms with Gasteiger partial charge >= 0.3 is 0 Å². The van der Waals surface area contributed by atoms with E-state index in [4.69, 9.17) is 9.47 Å². The van der Waals surface area contributed by atoms with E-state index >= 15 is 0 Å². The van der Waals surface area contributed by atoms with Crippen LogP contribution in [-0.2, 0) is 14.8 Å². The van der Waals surface area contributed by atoms with Gasteiger partial charge in [0, 0.05) is 36.6 Å². The number of carbonyl (C=O) groups is 1. The van der Waals surface area contributed by atoms with Gasteiger partial charge in [-0.25, -0.2) is 17.8 Å². The average Bonchev–Trinajstić information content (AvgIpc) is 3.28. The normalized spacial score (nSPS) is 13.9. The summed E-state index contributed by atoms with van der Waals surface area (Å²) in [6.07, 6.45) is -1.33. The minimum Gasteiger partial charge on any atom is -0.448 e. The highest BCUT2D eigenvalue weighted by molar-refractivity contribution is 7.90. The molecule has 2 heterocycles. The number of fused-ring (bicyclic) bond motifs is 2. The molecule has 1 unspecified atom stereocenters. The van der Waals surface area contributed by atoms with Gasteiger partial charge in [0.05, 0.1) is 10.6 Å². The number of hydrogen-bond donors (Lipinski definition) is 1. The van der Waals surface area contributed by atoms with Crippen molar-refractivity contribution in [1.82, 2.24) is 14.5 Å². The highest BCUT2D eigenvalue weighted by Gasteiger charge is 2.41.